The highest BCUT2D eigenvalue weighted by molar-refractivity contribution is 7.03. The van der Waals surface area contributed by atoms with Crippen LogP contribution in [0.2, 0.25) is 0 Å². The third-order valence-electron chi connectivity index (χ3n) is 11.4. The van der Waals surface area contributed by atoms with E-state index < -0.39 is 0 Å². The zero-order valence-electron chi connectivity index (χ0n) is 27.5. The summed E-state index contributed by atoms with van der Waals surface area (Å²) >= 11 is 0. The molecule has 7 aromatic rings. The summed E-state index contributed by atoms with van der Waals surface area (Å²) < 4.78 is 9.46. The second kappa shape index (κ2) is 8.41. The van der Waals surface area contributed by atoms with E-state index in [9.17, 15) is 0 Å². The largest absolute Gasteiger partial charge is 0.458 e. The van der Waals surface area contributed by atoms with Crippen molar-refractivity contribution >= 4 is 85.1 Å². The van der Waals surface area contributed by atoms with Gasteiger partial charge < -0.3 is 14.2 Å². The maximum atomic E-state index is 6.80. The van der Waals surface area contributed by atoms with E-state index in [4.69, 9.17) is 4.74 Å². The van der Waals surface area contributed by atoms with Gasteiger partial charge in [0.25, 0.3) is 13.4 Å². The molecule has 0 radical (unpaired) electrons. The van der Waals surface area contributed by atoms with Crippen molar-refractivity contribution in [1.82, 2.24) is 4.57 Å². The average Bonchev–Trinajstić information content (AvgIpc) is 3.42. The number of fused-ring (bicyclic) bond motifs is 7. The Labute approximate surface area is 275 Å². The zero-order valence-corrected chi connectivity index (χ0v) is 27.5. The van der Waals surface area contributed by atoms with Crippen molar-refractivity contribution in [2.45, 2.75) is 41.5 Å². The molecule has 4 aliphatic rings. The number of rotatable bonds is 1. The van der Waals surface area contributed by atoms with Crippen molar-refractivity contribution in [2.75, 3.05) is 4.90 Å². The summed E-state index contributed by atoms with van der Waals surface area (Å²) in [7, 11) is 0. The van der Waals surface area contributed by atoms with E-state index in [0.717, 1.165) is 11.5 Å². The molecule has 47 heavy (non-hydrogen) atoms. The summed E-state index contributed by atoms with van der Waals surface area (Å²) in [5, 5.41) is 2.76. The Morgan fingerprint density at radius 3 is 1.83 bits per heavy atom. The molecule has 4 aliphatic heterocycles. The minimum Gasteiger partial charge on any atom is -0.458 e. The third kappa shape index (κ3) is 3.02. The minimum absolute atomic E-state index is 0.119. The van der Waals surface area contributed by atoms with Crippen LogP contribution in [0.3, 0.4) is 0 Å². The lowest BCUT2D eigenvalue weighted by Crippen LogP contribution is -2.65. The molecule has 0 saturated carbocycles. The van der Waals surface area contributed by atoms with Crippen LogP contribution < -0.4 is 42.4 Å². The van der Waals surface area contributed by atoms with Crippen molar-refractivity contribution in [1.29, 1.82) is 0 Å². The van der Waals surface area contributed by atoms with Gasteiger partial charge in [-0.15, -0.1) is 0 Å². The van der Waals surface area contributed by atoms with Gasteiger partial charge in [-0.1, -0.05) is 70.8 Å². The Morgan fingerprint density at radius 2 is 1.09 bits per heavy atom. The van der Waals surface area contributed by atoms with Crippen molar-refractivity contribution < 1.29 is 4.74 Å². The molecule has 1 aromatic heterocycles. The van der Waals surface area contributed by atoms with Crippen LogP contribution in [0.25, 0.3) is 27.5 Å². The van der Waals surface area contributed by atoms with Gasteiger partial charge in [0, 0.05) is 33.5 Å². The second-order valence-electron chi connectivity index (χ2n) is 14.5. The Morgan fingerprint density at radius 1 is 0.489 bits per heavy atom. The fourth-order valence-electron chi connectivity index (χ4n) is 9.65. The molecule has 222 valence electrons. The first kappa shape index (κ1) is 26.0. The van der Waals surface area contributed by atoms with E-state index in [1.807, 2.05) is 0 Å². The molecule has 11 rings (SSSR count). The summed E-state index contributed by atoms with van der Waals surface area (Å²) in [5.74, 6) is 1.98. The van der Waals surface area contributed by atoms with E-state index >= 15 is 0 Å². The van der Waals surface area contributed by atoms with E-state index in [1.54, 1.807) is 0 Å². The molecule has 0 N–H and O–H groups in total. The summed E-state index contributed by atoms with van der Waals surface area (Å²) in [6.07, 6.45) is 0. The van der Waals surface area contributed by atoms with Crippen LogP contribution >= 0.6 is 0 Å². The summed E-state index contributed by atoms with van der Waals surface area (Å²) in [6, 6.07) is 32.6. The summed E-state index contributed by atoms with van der Waals surface area (Å²) in [5.41, 5.74) is 23.8. The standard InChI is InChI=1S/C42H32B2N2O/c1-21-7-11-27(12-8-21)45-32-13-9-22(2)15-28(32)43-30-17-24(4)18-31-40(30)46-41-36(25(5)19-33(45)38(41)43)37-26(6)20-35-39(42(37)46)44(31)29-16-23(3)10-14-34(29)47-35/h7-20H,1-6H3. The second-order valence-corrected chi connectivity index (χ2v) is 14.5. The molecule has 0 bridgehead atoms. The van der Waals surface area contributed by atoms with Gasteiger partial charge in [0.15, 0.2) is 0 Å². The first-order chi connectivity index (χ1) is 22.8. The van der Waals surface area contributed by atoms with Crippen LogP contribution in [0.1, 0.15) is 33.4 Å². The molecule has 0 amide bonds. The van der Waals surface area contributed by atoms with Crippen LogP contribution in [-0.4, -0.2) is 18.0 Å². The highest BCUT2D eigenvalue weighted by Gasteiger charge is 2.48. The van der Waals surface area contributed by atoms with Gasteiger partial charge >= 0.3 is 0 Å². The fourth-order valence-corrected chi connectivity index (χ4v) is 9.65. The minimum atomic E-state index is 0.119. The summed E-state index contributed by atoms with van der Waals surface area (Å²) in [4.78, 5) is 2.52. The van der Waals surface area contributed by atoms with E-state index in [-0.39, 0.29) is 13.4 Å². The predicted molar refractivity (Wildman–Crippen MR) is 200 cm³/mol. The monoisotopic (exact) mass is 602 g/mol. The number of hydrogen-bond acceptors (Lipinski definition) is 2. The first-order valence-electron chi connectivity index (χ1n) is 16.8. The number of ether oxygens (including phenoxy) is 1. The molecule has 5 heterocycles. The van der Waals surface area contributed by atoms with Crippen molar-refractivity contribution in [3.63, 3.8) is 0 Å². The molecule has 0 aliphatic carbocycles. The van der Waals surface area contributed by atoms with Gasteiger partial charge in [-0.2, -0.15) is 0 Å². The molecule has 3 nitrogen and oxygen atoms in total. The Balaban J connectivity index is 1.39. The van der Waals surface area contributed by atoms with Gasteiger partial charge in [0.1, 0.15) is 11.5 Å². The maximum Gasteiger partial charge on any atom is 0.256 e. The van der Waals surface area contributed by atoms with Crippen LogP contribution in [-0.2, 0) is 0 Å². The van der Waals surface area contributed by atoms with Gasteiger partial charge in [-0.3, -0.25) is 0 Å². The maximum absolute atomic E-state index is 6.80. The average molecular weight is 602 g/mol. The fraction of sp³-hybridized carbons (Fsp3) is 0.143. The lowest BCUT2D eigenvalue weighted by molar-refractivity contribution is 0.487. The van der Waals surface area contributed by atoms with E-state index in [0.29, 0.717) is 0 Å². The van der Waals surface area contributed by atoms with Crippen molar-refractivity contribution in [2.24, 2.45) is 0 Å². The number of anilines is 3. The summed E-state index contributed by atoms with van der Waals surface area (Å²) in [6.45, 7) is 13.7. The third-order valence-corrected chi connectivity index (χ3v) is 11.4. The van der Waals surface area contributed by atoms with Crippen molar-refractivity contribution in [3.8, 4) is 17.2 Å². The zero-order chi connectivity index (χ0) is 31.6. The molecule has 0 saturated heterocycles. The van der Waals surface area contributed by atoms with E-state index in [2.05, 4.69) is 136 Å². The van der Waals surface area contributed by atoms with Crippen LogP contribution in [0.4, 0.5) is 17.1 Å². The SMILES string of the molecule is Cc1ccc(N2c3ccc(C)cc3B3c4cc(C)cc5c4-n4c6c7c(cc(C)c6c6c(C)cc2c3c64)Oc2ccc(C)cc2B57)cc1. The number of nitrogens with zero attached hydrogens (tertiary/aromatic N) is 2. The number of benzene rings is 6. The lowest BCUT2D eigenvalue weighted by atomic mass is 9.30. The number of aryl methyl sites for hydroxylation is 6. The molecule has 5 heteroatoms. The molecular weight excluding hydrogens is 570 g/mol. The van der Waals surface area contributed by atoms with Gasteiger partial charge in [0.05, 0.1) is 11.0 Å². The molecule has 0 atom stereocenters. The van der Waals surface area contributed by atoms with Gasteiger partial charge in [0.2, 0.25) is 0 Å². The van der Waals surface area contributed by atoms with Crippen LogP contribution in [0, 0.1) is 41.5 Å². The molecule has 0 spiro atoms. The van der Waals surface area contributed by atoms with Crippen LogP contribution in [0.15, 0.2) is 84.9 Å². The highest BCUT2D eigenvalue weighted by atomic mass is 16.5. The van der Waals surface area contributed by atoms with Crippen LogP contribution in [0.5, 0.6) is 11.5 Å². The van der Waals surface area contributed by atoms with Gasteiger partial charge in [-0.05, 0) is 122 Å². The topological polar surface area (TPSA) is 17.4 Å². The molecule has 6 aromatic carbocycles. The Bertz CT molecular complexity index is 2630. The highest BCUT2D eigenvalue weighted by Crippen LogP contribution is 2.46. The smallest absolute Gasteiger partial charge is 0.256 e. The molecular formula is C42H32B2N2O. The first-order valence-corrected chi connectivity index (χ1v) is 16.8. The Hall–Kier alpha value is -5.15. The molecule has 0 fully saturated rings. The normalized spacial score (nSPS) is 14.2. The van der Waals surface area contributed by atoms with Gasteiger partial charge in [-0.25, -0.2) is 0 Å². The quantitative estimate of drug-likeness (QED) is 0.209. The lowest BCUT2D eigenvalue weighted by Gasteiger charge is -2.42. The number of aromatic nitrogens is 1. The number of hydrogen-bond donors (Lipinski definition) is 0. The molecule has 0 unspecified atom stereocenters. The van der Waals surface area contributed by atoms with E-state index in [1.165, 1.54) is 111 Å². The Kier molecular flexibility index (Phi) is 4.65. The van der Waals surface area contributed by atoms with Crippen molar-refractivity contribution in [3.05, 3.63) is 118 Å². The predicted octanol–water partition coefficient (Wildman–Crippen LogP) is 6.18.